The summed E-state index contributed by atoms with van der Waals surface area (Å²) in [5.41, 5.74) is 0.0425. The van der Waals surface area contributed by atoms with Gasteiger partial charge in [0.15, 0.2) is 5.16 Å². The number of rotatable bonds is 9. The maximum atomic E-state index is 10.7. The number of aromatic nitrogens is 3. The topological polar surface area (TPSA) is 77.2 Å². The van der Waals surface area contributed by atoms with Gasteiger partial charge in [-0.25, -0.2) is 0 Å². The summed E-state index contributed by atoms with van der Waals surface area (Å²) in [5, 5.41) is 17.7. The number of thioether (sulfide) groups is 1. The number of hydrogen-bond acceptors (Lipinski definition) is 5. The Morgan fingerprint density at radius 2 is 2.15 bits per heavy atom. The van der Waals surface area contributed by atoms with Crippen molar-refractivity contribution in [2.75, 3.05) is 19.5 Å². The predicted octanol–water partition coefficient (Wildman–Crippen LogP) is 2.08. The molecule has 0 aliphatic carbocycles. The van der Waals surface area contributed by atoms with Crippen molar-refractivity contribution in [1.82, 2.24) is 14.8 Å². The maximum Gasteiger partial charge on any atom is 0.313 e. The van der Waals surface area contributed by atoms with Crippen LogP contribution in [0.1, 0.15) is 33.0 Å². The summed E-state index contributed by atoms with van der Waals surface area (Å²) in [6, 6.07) is 0. The van der Waals surface area contributed by atoms with Crippen molar-refractivity contribution in [3.05, 3.63) is 5.82 Å². The Balaban J connectivity index is 2.84. The monoisotopic (exact) mass is 301 g/mol. The van der Waals surface area contributed by atoms with Crippen LogP contribution in [0.3, 0.4) is 0 Å². The minimum absolute atomic E-state index is 0.000345. The van der Waals surface area contributed by atoms with E-state index in [1.165, 1.54) is 11.8 Å². The van der Waals surface area contributed by atoms with Crippen LogP contribution in [0.4, 0.5) is 0 Å². The molecule has 0 aliphatic heterocycles. The molecule has 1 aromatic heterocycles. The van der Waals surface area contributed by atoms with Gasteiger partial charge < -0.3 is 14.4 Å². The van der Waals surface area contributed by atoms with Crippen LogP contribution in [0.15, 0.2) is 5.16 Å². The maximum absolute atomic E-state index is 10.7. The zero-order valence-corrected chi connectivity index (χ0v) is 13.4. The largest absolute Gasteiger partial charge is 0.481 e. The predicted molar refractivity (Wildman–Crippen MR) is 78.0 cm³/mol. The van der Waals surface area contributed by atoms with E-state index in [0.717, 1.165) is 25.2 Å². The summed E-state index contributed by atoms with van der Waals surface area (Å²) in [4.78, 5) is 10.7. The summed E-state index contributed by atoms with van der Waals surface area (Å²) in [5.74, 6) is 0.0463. The molecule has 1 N–H and O–H groups in total. The number of ether oxygens (including phenoxy) is 1. The van der Waals surface area contributed by atoms with E-state index in [9.17, 15) is 4.79 Å². The molecule has 114 valence electrons. The lowest BCUT2D eigenvalue weighted by molar-refractivity contribution is -0.133. The van der Waals surface area contributed by atoms with Gasteiger partial charge in [0.05, 0.1) is 5.75 Å². The lowest BCUT2D eigenvalue weighted by Crippen LogP contribution is -2.23. The number of methoxy groups -OCH3 is 1. The number of carbonyl (C=O) groups is 1. The zero-order chi connectivity index (χ0) is 15.2. The fourth-order valence-corrected chi connectivity index (χ4v) is 2.53. The third kappa shape index (κ3) is 5.13. The van der Waals surface area contributed by atoms with E-state index < -0.39 is 5.97 Å². The third-order valence-electron chi connectivity index (χ3n) is 3.00. The molecule has 0 aromatic carbocycles. The van der Waals surface area contributed by atoms with Crippen LogP contribution in [0.25, 0.3) is 0 Å². The number of carboxylic acids is 1. The summed E-state index contributed by atoms with van der Waals surface area (Å²) in [6.07, 6.45) is 1.70. The van der Waals surface area contributed by atoms with Gasteiger partial charge in [-0.15, -0.1) is 10.2 Å². The first-order valence-corrected chi connectivity index (χ1v) is 7.64. The first-order valence-electron chi connectivity index (χ1n) is 6.65. The highest BCUT2D eigenvalue weighted by Gasteiger charge is 2.22. The van der Waals surface area contributed by atoms with Crippen LogP contribution < -0.4 is 0 Å². The van der Waals surface area contributed by atoms with Gasteiger partial charge in [-0.3, -0.25) is 4.79 Å². The van der Waals surface area contributed by atoms with Crippen LogP contribution >= 0.6 is 11.8 Å². The number of nitrogens with zero attached hydrogens (tertiary/aromatic N) is 3. The molecule has 0 bridgehead atoms. The molecule has 1 rings (SSSR count). The van der Waals surface area contributed by atoms with Crippen LogP contribution in [0, 0.1) is 5.41 Å². The molecule has 6 nitrogen and oxygen atoms in total. The van der Waals surface area contributed by atoms with Gasteiger partial charge in [-0.05, 0) is 11.8 Å². The molecule has 1 aromatic rings. The van der Waals surface area contributed by atoms with Crippen molar-refractivity contribution >= 4 is 17.7 Å². The molecule has 0 aliphatic rings. The molecule has 0 unspecified atom stereocenters. The minimum Gasteiger partial charge on any atom is -0.481 e. The fraction of sp³-hybridized carbons (Fsp3) is 0.769. The van der Waals surface area contributed by atoms with E-state index in [4.69, 9.17) is 9.84 Å². The normalized spacial score (nSPS) is 11.8. The summed E-state index contributed by atoms with van der Waals surface area (Å²) in [7, 11) is 1.69. The minimum atomic E-state index is -0.846. The number of carboxylic acid groups (broad SMARTS) is 1. The van der Waals surface area contributed by atoms with Crippen LogP contribution in [-0.2, 0) is 22.5 Å². The molecule has 1 heterocycles. The molecule has 0 fully saturated rings. The van der Waals surface area contributed by atoms with Crippen molar-refractivity contribution in [2.45, 2.75) is 45.3 Å². The van der Waals surface area contributed by atoms with E-state index >= 15 is 0 Å². The molecule has 0 atom stereocenters. The van der Waals surface area contributed by atoms with Crippen molar-refractivity contribution in [3.63, 3.8) is 0 Å². The fourth-order valence-electron chi connectivity index (χ4n) is 1.86. The second-order valence-corrected chi connectivity index (χ2v) is 6.37. The van der Waals surface area contributed by atoms with E-state index in [0.29, 0.717) is 11.8 Å². The Bertz CT molecular complexity index is 446. The van der Waals surface area contributed by atoms with Gasteiger partial charge in [0.25, 0.3) is 0 Å². The van der Waals surface area contributed by atoms with Gasteiger partial charge >= 0.3 is 5.97 Å². The second kappa shape index (κ2) is 7.64. The summed E-state index contributed by atoms with van der Waals surface area (Å²) in [6.45, 7) is 7.81. The molecule has 0 saturated heterocycles. The molecule has 20 heavy (non-hydrogen) atoms. The van der Waals surface area contributed by atoms with Gasteiger partial charge in [-0.1, -0.05) is 32.5 Å². The average molecular weight is 301 g/mol. The quantitative estimate of drug-likeness (QED) is 0.704. The second-order valence-electron chi connectivity index (χ2n) is 5.43. The van der Waals surface area contributed by atoms with E-state index in [2.05, 4.69) is 24.0 Å². The Hall–Kier alpha value is -1.08. The highest BCUT2D eigenvalue weighted by Crippen LogP contribution is 2.27. The zero-order valence-electron chi connectivity index (χ0n) is 12.5. The lowest BCUT2D eigenvalue weighted by Gasteiger charge is -2.26. The molecular weight excluding hydrogens is 278 g/mol. The van der Waals surface area contributed by atoms with Gasteiger partial charge in [-0.2, -0.15) is 0 Å². The van der Waals surface area contributed by atoms with E-state index in [-0.39, 0.29) is 11.2 Å². The van der Waals surface area contributed by atoms with Crippen molar-refractivity contribution < 1.29 is 14.6 Å². The molecule has 0 radical (unpaired) electrons. The van der Waals surface area contributed by atoms with Crippen molar-refractivity contribution in [3.8, 4) is 0 Å². The summed E-state index contributed by atoms with van der Waals surface area (Å²) >= 11 is 1.21. The van der Waals surface area contributed by atoms with Gasteiger partial charge in [0, 0.05) is 26.7 Å². The number of aryl methyl sites for hydroxylation is 1. The molecule has 7 heteroatoms. The Labute approximate surface area is 123 Å². The van der Waals surface area contributed by atoms with Crippen LogP contribution in [0.2, 0.25) is 0 Å². The van der Waals surface area contributed by atoms with Crippen LogP contribution in [0.5, 0.6) is 0 Å². The average Bonchev–Trinajstić information content (AvgIpc) is 2.75. The lowest BCUT2D eigenvalue weighted by atomic mass is 9.89. The van der Waals surface area contributed by atoms with Crippen molar-refractivity contribution in [1.29, 1.82) is 0 Å². The molecular formula is C13H23N3O3S. The number of hydrogen-bond donors (Lipinski definition) is 1. The first-order chi connectivity index (χ1) is 9.39. The van der Waals surface area contributed by atoms with Gasteiger partial charge in [0.1, 0.15) is 5.82 Å². The Kier molecular flexibility index (Phi) is 6.48. The Morgan fingerprint density at radius 3 is 2.70 bits per heavy atom. The van der Waals surface area contributed by atoms with Crippen molar-refractivity contribution in [2.24, 2.45) is 5.41 Å². The molecule has 0 amide bonds. The summed E-state index contributed by atoms with van der Waals surface area (Å²) < 4.78 is 7.17. The molecule has 0 spiro atoms. The van der Waals surface area contributed by atoms with E-state index in [1.807, 2.05) is 11.5 Å². The number of aliphatic carboxylic acids is 1. The smallest absolute Gasteiger partial charge is 0.313 e. The molecule has 0 saturated carbocycles. The Morgan fingerprint density at radius 1 is 1.45 bits per heavy atom. The van der Waals surface area contributed by atoms with E-state index in [1.54, 1.807) is 7.11 Å². The highest BCUT2D eigenvalue weighted by molar-refractivity contribution is 7.99. The SMILES string of the molecule is CCc1nnc(SCC(=O)O)n1CC(C)(C)CCOC. The van der Waals surface area contributed by atoms with Gasteiger partial charge in [0.2, 0.25) is 0 Å². The highest BCUT2D eigenvalue weighted by atomic mass is 32.2. The van der Waals surface area contributed by atoms with Crippen LogP contribution in [-0.4, -0.2) is 45.3 Å². The third-order valence-corrected chi connectivity index (χ3v) is 3.96. The first kappa shape index (κ1) is 17.0. The standard InChI is InChI=1S/C13H23N3O3S/c1-5-10-14-15-12(20-8-11(17)18)16(10)9-13(2,3)6-7-19-4/h5-9H2,1-4H3,(H,17,18).